The molecule has 0 aliphatic heterocycles. The number of carbonyl (C=O) groups excluding carboxylic acids is 1. The Morgan fingerprint density at radius 2 is 1.76 bits per heavy atom. The summed E-state index contributed by atoms with van der Waals surface area (Å²) in [5.74, 6) is -0.322. The van der Waals surface area contributed by atoms with Gasteiger partial charge in [-0.3, -0.25) is 4.79 Å². The average Bonchev–Trinajstić information content (AvgIpc) is 2.53. The molecule has 106 valence electrons. The van der Waals surface area contributed by atoms with Crippen molar-refractivity contribution in [2.75, 3.05) is 0 Å². The van der Waals surface area contributed by atoms with Crippen molar-refractivity contribution in [1.29, 1.82) is 0 Å². The number of amides is 1. The summed E-state index contributed by atoms with van der Waals surface area (Å²) in [5.41, 5.74) is 10.6. The highest BCUT2D eigenvalue weighted by Crippen LogP contribution is 2.18. The van der Waals surface area contributed by atoms with Gasteiger partial charge in [0.2, 0.25) is 0 Å². The van der Waals surface area contributed by atoms with Crippen LogP contribution in [0, 0.1) is 0 Å². The van der Waals surface area contributed by atoms with Crippen molar-refractivity contribution in [3.05, 3.63) is 76.3 Å². The molecule has 21 heavy (non-hydrogen) atoms. The normalized spacial score (nSPS) is 11.3. The van der Waals surface area contributed by atoms with Gasteiger partial charge >= 0.3 is 0 Å². The van der Waals surface area contributed by atoms with Crippen LogP contribution in [0.1, 0.15) is 28.9 Å². The van der Waals surface area contributed by atoms with Crippen LogP contribution in [0.4, 0.5) is 0 Å². The standard InChI is InChI=1S/C16H14ClN3O/c1-11(20-18)15(12-7-3-2-4-8-12)19-16(21)13-9-5-6-10-14(13)17/h2-10,15H,1H3,(H,19,21). The van der Waals surface area contributed by atoms with Crippen LogP contribution >= 0.6 is 11.6 Å². The molecule has 5 heteroatoms. The molecule has 1 amide bonds. The van der Waals surface area contributed by atoms with Gasteiger partial charge in [-0.15, -0.1) is 0 Å². The van der Waals surface area contributed by atoms with Crippen molar-refractivity contribution in [3.8, 4) is 0 Å². The van der Waals surface area contributed by atoms with Gasteiger partial charge < -0.3 is 10.8 Å². The molecular formula is C16H14ClN3O. The van der Waals surface area contributed by atoms with Crippen molar-refractivity contribution in [2.24, 2.45) is 0 Å². The summed E-state index contributed by atoms with van der Waals surface area (Å²) in [5, 5.41) is 3.20. The van der Waals surface area contributed by atoms with E-state index in [1.165, 1.54) is 0 Å². The second-order valence-electron chi connectivity index (χ2n) is 4.54. The number of nitrogens with one attached hydrogen (secondary N) is 1. The molecule has 0 aliphatic carbocycles. The molecule has 0 radical (unpaired) electrons. The fourth-order valence-corrected chi connectivity index (χ4v) is 2.21. The van der Waals surface area contributed by atoms with Crippen LogP contribution in [0.5, 0.6) is 0 Å². The Balaban J connectivity index is 2.31. The van der Waals surface area contributed by atoms with Gasteiger partial charge in [0, 0.05) is 6.92 Å². The molecule has 2 aromatic rings. The summed E-state index contributed by atoms with van der Waals surface area (Å²) in [6.45, 7) is 1.64. The van der Waals surface area contributed by atoms with E-state index in [1.54, 1.807) is 31.2 Å². The van der Waals surface area contributed by atoms with Crippen LogP contribution in [0.15, 0.2) is 54.6 Å². The first-order chi connectivity index (χ1) is 10.1. The van der Waals surface area contributed by atoms with Crippen LogP contribution < -0.4 is 5.32 Å². The van der Waals surface area contributed by atoms with E-state index in [9.17, 15) is 4.79 Å². The third kappa shape index (κ3) is 3.57. The highest BCUT2D eigenvalue weighted by molar-refractivity contribution is 6.33. The summed E-state index contributed by atoms with van der Waals surface area (Å²) >= 11 is 6.02. The first-order valence-electron chi connectivity index (χ1n) is 6.42. The lowest BCUT2D eigenvalue weighted by molar-refractivity contribution is -0.0116. The zero-order chi connectivity index (χ0) is 15.2. The van der Waals surface area contributed by atoms with Gasteiger partial charge in [0.15, 0.2) is 6.04 Å². The molecule has 0 bridgehead atoms. The highest BCUT2D eigenvalue weighted by atomic mass is 35.5. The van der Waals surface area contributed by atoms with E-state index in [2.05, 4.69) is 10.1 Å². The predicted octanol–water partition coefficient (Wildman–Crippen LogP) is 3.50. The van der Waals surface area contributed by atoms with E-state index in [-0.39, 0.29) is 5.91 Å². The molecule has 4 nitrogen and oxygen atoms in total. The van der Waals surface area contributed by atoms with E-state index in [0.717, 1.165) is 5.56 Å². The predicted molar refractivity (Wildman–Crippen MR) is 82.4 cm³/mol. The Labute approximate surface area is 128 Å². The largest absolute Gasteiger partial charge is 0.362 e. The molecule has 1 N–H and O–H groups in total. The van der Waals surface area contributed by atoms with Crippen LogP contribution in [-0.4, -0.2) is 16.4 Å². The van der Waals surface area contributed by atoms with Crippen molar-refractivity contribution in [1.82, 2.24) is 5.32 Å². The average molecular weight is 300 g/mol. The van der Waals surface area contributed by atoms with E-state index in [4.69, 9.17) is 17.1 Å². The Bertz CT molecular complexity index is 694. The number of carbonyl (C=O) groups is 1. The molecule has 1 atom stereocenters. The van der Waals surface area contributed by atoms with E-state index in [0.29, 0.717) is 16.3 Å². The van der Waals surface area contributed by atoms with Gasteiger partial charge in [0.1, 0.15) is 0 Å². The minimum absolute atomic E-state index is 0.322. The second kappa shape index (κ2) is 6.84. The molecule has 2 aromatic carbocycles. The quantitative estimate of drug-likeness (QED) is 0.524. The van der Waals surface area contributed by atoms with Gasteiger partial charge in [0.25, 0.3) is 11.6 Å². The van der Waals surface area contributed by atoms with Gasteiger partial charge in [0.05, 0.1) is 10.6 Å². The summed E-state index contributed by atoms with van der Waals surface area (Å²) in [7, 11) is 0. The summed E-state index contributed by atoms with van der Waals surface area (Å²) in [6, 6.07) is 15.6. The lowest BCUT2D eigenvalue weighted by Crippen LogP contribution is -2.33. The van der Waals surface area contributed by atoms with Crippen LogP contribution in [0.3, 0.4) is 0 Å². The third-order valence-corrected chi connectivity index (χ3v) is 3.43. The van der Waals surface area contributed by atoms with E-state index >= 15 is 0 Å². The molecule has 0 aliphatic rings. The number of hydrogen-bond acceptors (Lipinski definition) is 1. The first kappa shape index (κ1) is 15.0. The van der Waals surface area contributed by atoms with Gasteiger partial charge in [-0.1, -0.05) is 54.1 Å². The maximum Gasteiger partial charge on any atom is 0.292 e. The Morgan fingerprint density at radius 1 is 1.14 bits per heavy atom. The minimum Gasteiger partial charge on any atom is -0.362 e. The van der Waals surface area contributed by atoms with Crippen molar-refractivity contribution < 1.29 is 9.58 Å². The maximum atomic E-state index is 12.3. The third-order valence-electron chi connectivity index (χ3n) is 3.10. The maximum absolute atomic E-state index is 12.3. The molecule has 0 saturated carbocycles. The number of hydrogen-bond donors (Lipinski definition) is 1. The Hall–Kier alpha value is -2.42. The van der Waals surface area contributed by atoms with Crippen LogP contribution in [0.2, 0.25) is 5.02 Å². The Morgan fingerprint density at radius 3 is 2.38 bits per heavy atom. The SMILES string of the molecule is CC(=[N+]=[N-])C(NC(=O)c1ccccc1Cl)c1ccccc1. The van der Waals surface area contributed by atoms with Crippen LogP contribution in [-0.2, 0) is 0 Å². The highest BCUT2D eigenvalue weighted by Gasteiger charge is 2.24. The fraction of sp³-hybridized carbons (Fsp3) is 0.125. The molecular weight excluding hydrogens is 286 g/mol. The molecule has 0 aromatic heterocycles. The van der Waals surface area contributed by atoms with Gasteiger partial charge in [-0.2, -0.15) is 4.79 Å². The lowest BCUT2D eigenvalue weighted by Gasteiger charge is -2.14. The van der Waals surface area contributed by atoms with Gasteiger partial charge in [-0.25, -0.2) is 0 Å². The fourth-order valence-electron chi connectivity index (χ4n) is 1.99. The summed E-state index contributed by atoms with van der Waals surface area (Å²) in [6.07, 6.45) is 0. The van der Waals surface area contributed by atoms with E-state index in [1.807, 2.05) is 30.3 Å². The lowest BCUT2D eigenvalue weighted by atomic mass is 10.0. The molecule has 0 fully saturated rings. The number of halogens is 1. The molecule has 0 spiro atoms. The monoisotopic (exact) mass is 299 g/mol. The second-order valence-corrected chi connectivity index (χ2v) is 4.95. The molecule has 1 unspecified atom stereocenters. The van der Waals surface area contributed by atoms with Gasteiger partial charge in [-0.05, 0) is 17.7 Å². The van der Waals surface area contributed by atoms with Crippen molar-refractivity contribution >= 4 is 23.2 Å². The first-order valence-corrected chi connectivity index (χ1v) is 6.80. The summed E-state index contributed by atoms with van der Waals surface area (Å²) < 4.78 is 0. The van der Waals surface area contributed by atoms with E-state index < -0.39 is 6.04 Å². The zero-order valence-electron chi connectivity index (χ0n) is 11.5. The summed E-state index contributed by atoms with van der Waals surface area (Å²) in [4.78, 5) is 15.5. The van der Waals surface area contributed by atoms with Crippen molar-refractivity contribution in [2.45, 2.75) is 13.0 Å². The number of benzene rings is 2. The molecule has 0 heterocycles. The number of nitrogens with zero attached hydrogens (tertiary/aromatic N) is 2. The Kier molecular flexibility index (Phi) is 4.88. The number of rotatable bonds is 4. The van der Waals surface area contributed by atoms with Crippen LogP contribution in [0.25, 0.3) is 5.53 Å². The van der Waals surface area contributed by atoms with Crippen molar-refractivity contribution in [3.63, 3.8) is 0 Å². The zero-order valence-corrected chi connectivity index (χ0v) is 12.2. The molecule has 2 rings (SSSR count). The smallest absolute Gasteiger partial charge is 0.292 e. The minimum atomic E-state index is -0.514. The molecule has 0 saturated heterocycles. The topological polar surface area (TPSA) is 65.5 Å².